The summed E-state index contributed by atoms with van der Waals surface area (Å²) >= 11 is 0. The average Bonchev–Trinajstić information content (AvgIpc) is 3.70. The molecule has 0 radical (unpaired) electrons. The van der Waals surface area contributed by atoms with E-state index in [-0.39, 0.29) is 0 Å². The molecule has 64 heavy (non-hydrogen) atoms. The van der Waals surface area contributed by atoms with Gasteiger partial charge < -0.3 is 9.47 Å². The molecule has 300 valence electrons. The van der Waals surface area contributed by atoms with Crippen LogP contribution >= 0.6 is 0 Å². The molecule has 0 amide bonds. The zero-order chi connectivity index (χ0) is 42.4. The molecule has 0 N–H and O–H groups in total. The molecule has 11 aromatic carbocycles. The van der Waals surface area contributed by atoms with Crippen molar-refractivity contribution in [3.05, 3.63) is 255 Å². The average molecular weight is 815 g/mol. The van der Waals surface area contributed by atoms with Crippen LogP contribution in [0.15, 0.2) is 255 Å². The highest BCUT2D eigenvalue weighted by atomic mass is 15.1. The maximum absolute atomic E-state index is 2.48. The fourth-order valence-electron chi connectivity index (χ4n) is 9.80. The van der Waals surface area contributed by atoms with E-state index in [1.165, 1.54) is 71.2 Å². The third-order valence-electron chi connectivity index (χ3n) is 12.8. The van der Waals surface area contributed by atoms with E-state index in [2.05, 4.69) is 264 Å². The van der Waals surface area contributed by atoms with E-state index in [0.717, 1.165) is 39.4 Å². The third kappa shape index (κ3) is 6.44. The number of hydrogen-bond donors (Lipinski definition) is 0. The van der Waals surface area contributed by atoms with E-state index in [9.17, 15) is 0 Å². The van der Waals surface area contributed by atoms with Gasteiger partial charge >= 0.3 is 0 Å². The maximum atomic E-state index is 2.48. The van der Waals surface area contributed by atoms with E-state index in [0.29, 0.717) is 0 Å². The molecule has 0 spiro atoms. The Hall–Kier alpha value is -8.46. The second kappa shape index (κ2) is 15.8. The Bertz CT molecular complexity index is 3650. The van der Waals surface area contributed by atoms with Crippen LogP contribution in [0.3, 0.4) is 0 Å². The second-order valence-corrected chi connectivity index (χ2v) is 16.5. The quantitative estimate of drug-likeness (QED) is 0.148. The second-order valence-electron chi connectivity index (χ2n) is 16.5. The molecule has 2 heteroatoms. The van der Waals surface area contributed by atoms with Gasteiger partial charge in [0.25, 0.3) is 0 Å². The number of aromatic nitrogens is 1. The molecule has 0 bridgehead atoms. The lowest BCUT2D eigenvalue weighted by molar-refractivity contribution is 1.18. The van der Waals surface area contributed by atoms with Gasteiger partial charge in [-0.2, -0.15) is 0 Å². The van der Waals surface area contributed by atoms with E-state index < -0.39 is 0 Å². The molecule has 0 saturated heterocycles. The Labute approximate surface area is 373 Å². The molecule has 0 unspecified atom stereocenters. The molecule has 12 rings (SSSR count). The zero-order valence-corrected chi connectivity index (χ0v) is 35.1. The van der Waals surface area contributed by atoms with Crippen molar-refractivity contribution in [2.75, 3.05) is 4.90 Å². The van der Waals surface area contributed by atoms with Crippen LogP contribution in [0.2, 0.25) is 0 Å². The first kappa shape index (κ1) is 37.3. The largest absolute Gasteiger partial charge is 0.310 e. The van der Waals surface area contributed by atoms with Crippen molar-refractivity contribution >= 4 is 60.4 Å². The standard InChI is InChI=1S/C62H42N2/c1-3-17-43(18-4-1)44-33-36-49(37-34-44)63(50-38-40-58-56-28-12-14-32-60(56)64(62(58)42-50)59-31-13-11-27-54(59)47-19-5-2-6-20-47)61-41-48(53-29-15-23-45-21-7-9-25-51(45)53)35-39-57(61)55-30-16-24-46-22-8-10-26-52(46)55/h1-42H. The van der Waals surface area contributed by atoms with Gasteiger partial charge in [-0.1, -0.05) is 212 Å². The molecule has 1 aromatic heterocycles. The first-order chi connectivity index (χ1) is 31.8. The Balaban J connectivity index is 1.16. The monoisotopic (exact) mass is 814 g/mol. The van der Waals surface area contributed by atoms with Crippen molar-refractivity contribution in [2.24, 2.45) is 0 Å². The highest BCUT2D eigenvalue weighted by Gasteiger charge is 2.23. The van der Waals surface area contributed by atoms with Crippen LogP contribution in [0.25, 0.3) is 93.5 Å². The summed E-state index contributed by atoms with van der Waals surface area (Å²) in [7, 11) is 0. The zero-order valence-electron chi connectivity index (χ0n) is 35.1. The molecule has 0 saturated carbocycles. The maximum Gasteiger partial charge on any atom is 0.0562 e. The van der Waals surface area contributed by atoms with Crippen LogP contribution in [0.4, 0.5) is 17.1 Å². The molecule has 0 aliphatic rings. The lowest BCUT2D eigenvalue weighted by Gasteiger charge is -2.29. The number of fused-ring (bicyclic) bond motifs is 5. The molecular weight excluding hydrogens is 773 g/mol. The van der Waals surface area contributed by atoms with Crippen molar-refractivity contribution in [3.8, 4) is 50.2 Å². The minimum atomic E-state index is 1.07. The summed E-state index contributed by atoms with van der Waals surface area (Å²) in [6, 6.07) is 92.9. The van der Waals surface area contributed by atoms with Crippen LogP contribution in [0, 0.1) is 0 Å². The van der Waals surface area contributed by atoms with Gasteiger partial charge in [-0.15, -0.1) is 0 Å². The molecule has 0 fully saturated rings. The molecule has 0 aliphatic carbocycles. The smallest absolute Gasteiger partial charge is 0.0562 e. The van der Waals surface area contributed by atoms with Crippen molar-refractivity contribution in [3.63, 3.8) is 0 Å². The first-order valence-corrected chi connectivity index (χ1v) is 22.0. The van der Waals surface area contributed by atoms with Gasteiger partial charge in [0.2, 0.25) is 0 Å². The van der Waals surface area contributed by atoms with Gasteiger partial charge in [0.05, 0.1) is 22.4 Å². The van der Waals surface area contributed by atoms with Gasteiger partial charge in [-0.25, -0.2) is 0 Å². The van der Waals surface area contributed by atoms with E-state index in [1.54, 1.807) is 0 Å². The Kier molecular flexibility index (Phi) is 9.20. The lowest BCUT2D eigenvalue weighted by Crippen LogP contribution is -2.12. The molecule has 1 heterocycles. The number of rotatable bonds is 8. The summed E-state index contributed by atoms with van der Waals surface area (Å²) in [5.74, 6) is 0. The third-order valence-corrected chi connectivity index (χ3v) is 12.8. The van der Waals surface area contributed by atoms with Gasteiger partial charge in [0.1, 0.15) is 0 Å². The predicted octanol–water partition coefficient (Wildman–Crippen LogP) is 17.2. The summed E-state index contributed by atoms with van der Waals surface area (Å²) in [6.07, 6.45) is 0. The van der Waals surface area contributed by atoms with Crippen LogP contribution in [0.5, 0.6) is 0 Å². The summed E-state index contributed by atoms with van der Waals surface area (Å²) in [6.45, 7) is 0. The molecule has 2 nitrogen and oxygen atoms in total. The predicted molar refractivity (Wildman–Crippen MR) is 272 cm³/mol. The Morgan fingerprint density at radius 3 is 1.53 bits per heavy atom. The first-order valence-electron chi connectivity index (χ1n) is 22.0. The SMILES string of the molecule is c1ccc(-c2ccc(N(c3ccc4c5ccccc5n(-c5ccccc5-c5ccccc5)c4c3)c3cc(-c4cccc5ccccc45)ccc3-c3cccc4ccccc34)cc2)cc1. The number of benzene rings is 11. The topological polar surface area (TPSA) is 8.17 Å². The van der Waals surface area contributed by atoms with Crippen LogP contribution in [-0.4, -0.2) is 4.57 Å². The van der Waals surface area contributed by atoms with E-state index >= 15 is 0 Å². The van der Waals surface area contributed by atoms with E-state index in [1.807, 2.05) is 0 Å². The fourth-order valence-corrected chi connectivity index (χ4v) is 9.80. The van der Waals surface area contributed by atoms with Crippen molar-refractivity contribution in [2.45, 2.75) is 0 Å². The highest BCUT2D eigenvalue weighted by molar-refractivity contribution is 6.11. The summed E-state index contributed by atoms with van der Waals surface area (Å²) in [5, 5.41) is 7.32. The van der Waals surface area contributed by atoms with Gasteiger partial charge in [0, 0.05) is 33.3 Å². The Morgan fingerprint density at radius 2 is 0.781 bits per heavy atom. The molecular formula is C62H42N2. The van der Waals surface area contributed by atoms with Crippen molar-refractivity contribution < 1.29 is 0 Å². The number of hydrogen-bond acceptors (Lipinski definition) is 1. The fraction of sp³-hybridized carbons (Fsp3) is 0. The summed E-state index contributed by atoms with van der Waals surface area (Å²) in [4.78, 5) is 2.48. The number of anilines is 3. The number of para-hydroxylation sites is 2. The van der Waals surface area contributed by atoms with Gasteiger partial charge in [-0.3, -0.25) is 0 Å². The van der Waals surface area contributed by atoms with E-state index in [4.69, 9.17) is 0 Å². The van der Waals surface area contributed by atoms with Gasteiger partial charge in [-0.05, 0) is 97.4 Å². The van der Waals surface area contributed by atoms with Gasteiger partial charge in [0.15, 0.2) is 0 Å². The van der Waals surface area contributed by atoms with Crippen molar-refractivity contribution in [1.82, 2.24) is 4.57 Å². The highest BCUT2D eigenvalue weighted by Crippen LogP contribution is 2.47. The minimum absolute atomic E-state index is 1.07. The number of nitrogens with zero attached hydrogens (tertiary/aromatic N) is 2. The summed E-state index contributed by atoms with van der Waals surface area (Å²) in [5.41, 5.74) is 16.1. The Morgan fingerprint density at radius 1 is 0.266 bits per heavy atom. The summed E-state index contributed by atoms with van der Waals surface area (Å²) < 4.78 is 2.46. The van der Waals surface area contributed by atoms with Crippen LogP contribution in [0.1, 0.15) is 0 Å². The van der Waals surface area contributed by atoms with Crippen LogP contribution < -0.4 is 4.90 Å². The van der Waals surface area contributed by atoms with Crippen molar-refractivity contribution in [1.29, 1.82) is 0 Å². The molecule has 0 aliphatic heterocycles. The molecule has 12 aromatic rings. The lowest BCUT2D eigenvalue weighted by atomic mass is 9.92. The van der Waals surface area contributed by atoms with Crippen LogP contribution in [-0.2, 0) is 0 Å². The normalized spacial score (nSPS) is 11.4. The minimum Gasteiger partial charge on any atom is -0.310 e. The molecule has 0 atom stereocenters.